The number of methoxy groups -OCH3 is 1. The van der Waals surface area contributed by atoms with Crippen LogP contribution in [0.15, 0.2) is 59.8 Å². The summed E-state index contributed by atoms with van der Waals surface area (Å²) in [4.78, 5) is 13.2. The van der Waals surface area contributed by atoms with Gasteiger partial charge in [0.2, 0.25) is 21.9 Å². The highest BCUT2D eigenvalue weighted by Crippen LogP contribution is 2.27. The lowest BCUT2D eigenvalue weighted by Gasteiger charge is -2.26. The van der Waals surface area contributed by atoms with Crippen molar-refractivity contribution in [1.29, 1.82) is 0 Å². The second-order valence-corrected chi connectivity index (χ2v) is 8.88. The molecule has 1 N–H and O–H groups in total. The lowest BCUT2D eigenvalue weighted by atomic mass is 10.2. The van der Waals surface area contributed by atoms with E-state index in [2.05, 4.69) is 20.3 Å². The molecule has 4 rings (SSSR count). The maximum absolute atomic E-state index is 12.9. The van der Waals surface area contributed by atoms with Crippen molar-refractivity contribution < 1.29 is 13.2 Å². The molecular formula is C21H23N5O3S. The van der Waals surface area contributed by atoms with Crippen LogP contribution in [0.4, 0.5) is 11.6 Å². The number of sulfonamides is 1. The van der Waals surface area contributed by atoms with E-state index in [0.29, 0.717) is 36.3 Å². The van der Waals surface area contributed by atoms with Gasteiger partial charge in [-0.1, -0.05) is 12.5 Å². The molecular weight excluding hydrogens is 402 g/mol. The van der Waals surface area contributed by atoms with Crippen molar-refractivity contribution in [2.75, 3.05) is 25.5 Å². The standard InChI is InChI=1S/C21H23N5O3S/c1-29-20-18(9-6-11-22-20)19-10-12-23-21(25-19)24-16-7-5-8-17(15-16)30(27,28)26-13-3-2-4-14-26/h5-12,15H,2-4,13-14H2,1H3,(H,23,24,25). The number of nitrogens with one attached hydrogen (secondary N) is 1. The Balaban J connectivity index is 1.59. The topological polar surface area (TPSA) is 97.3 Å². The van der Waals surface area contributed by atoms with Crippen LogP contribution in [0.3, 0.4) is 0 Å². The Morgan fingerprint density at radius 2 is 1.83 bits per heavy atom. The van der Waals surface area contributed by atoms with Crippen molar-refractivity contribution in [2.24, 2.45) is 0 Å². The number of hydrogen-bond acceptors (Lipinski definition) is 7. The van der Waals surface area contributed by atoms with Crippen LogP contribution in [0.1, 0.15) is 19.3 Å². The third-order valence-corrected chi connectivity index (χ3v) is 6.83. The summed E-state index contributed by atoms with van der Waals surface area (Å²) in [5.74, 6) is 0.822. The molecule has 9 heteroatoms. The maximum Gasteiger partial charge on any atom is 0.243 e. The lowest BCUT2D eigenvalue weighted by Crippen LogP contribution is -2.35. The highest BCUT2D eigenvalue weighted by molar-refractivity contribution is 7.89. The molecule has 2 aromatic heterocycles. The fourth-order valence-electron chi connectivity index (χ4n) is 3.44. The second kappa shape index (κ2) is 8.76. The third kappa shape index (κ3) is 4.27. The Bertz CT molecular complexity index is 1130. The van der Waals surface area contributed by atoms with Crippen molar-refractivity contribution in [2.45, 2.75) is 24.2 Å². The summed E-state index contributed by atoms with van der Waals surface area (Å²) in [7, 11) is -1.95. The van der Waals surface area contributed by atoms with Gasteiger partial charge in [-0.05, 0) is 49.2 Å². The van der Waals surface area contributed by atoms with Crippen LogP contribution >= 0.6 is 0 Å². The van der Waals surface area contributed by atoms with Crippen LogP contribution in [0, 0.1) is 0 Å². The number of hydrogen-bond donors (Lipinski definition) is 1. The van der Waals surface area contributed by atoms with E-state index in [1.54, 1.807) is 54.1 Å². The van der Waals surface area contributed by atoms with E-state index in [0.717, 1.165) is 24.8 Å². The number of rotatable bonds is 6. The van der Waals surface area contributed by atoms with E-state index in [1.165, 1.54) is 0 Å². The Morgan fingerprint density at radius 1 is 1.00 bits per heavy atom. The van der Waals surface area contributed by atoms with Crippen molar-refractivity contribution in [3.63, 3.8) is 0 Å². The van der Waals surface area contributed by atoms with E-state index in [1.807, 2.05) is 12.1 Å². The van der Waals surface area contributed by atoms with Gasteiger partial charge in [0.05, 0.1) is 23.3 Å². The first-order chi connectivity index (χ1) is 14.6. The first kappa shape index (κ1) is 20.2. The van der Waals surface area contributed by atoms with E-state index < -0.39 is 10.0 Å². The molecule has 1 fully saturated rings. The number of benzene rings is 1. The van der Waals surface area contributed by atoms with Crippen LogP contribution in [0.2, 0.25) is 0 Å². The van der Waals surface area contributed by atoms with Gasteiger partial charge in [0.1, 0.15) is 0 Å². The van der Waals surface area contributed by atoms with E-state index in [9.17, 15) is 8.42 Å². The van der Waals surface area contributed by atoms with Crippen LogP contribution in [-0.2, 0) is 10.0 Å². The molecule has 0 aliphatic carbocycles. The molecule has 3 heterocycles. The molecule has 0 saturated carbocycles. The fourth-order valence-corrected chi connectivity index (χ4v) is 5.00. The number of nitrogens with zero attached hydrogens (tertiary/aromatic N) is 4. The number of ether oxygens (including phenoxy) is 1. The number of aromatic nitrogens is 3. The average molecular weight is 426 g/mol. The molecule has 8 nitrogen and oxygen atoms in total. The molecule has 0 unspecified atom stereocenters. The first-order valence-electron chi connectivity index (χ1n) is 9.77. The van der Waals surface area contributed by atoms with Gasteiger partial charge >= 0.3 is 0 Å². The van der Waals surface area contributed by atoms with E-state index in [4.69, 9.17) is 4.74 Å². The molecule has 1 aliphatic heterocycles. The minimum absolute atomic E-state index is 0.263. The predicted molar refractivity (Wildman–Crippen MR) is 114 cm³/mol. The molecule has 30 heavy (non-hydrogen) atoms. The Labute approximate surface area is 176 Å². The molecule has 0 radical (unpaired) electrons. The van der Waals surface area contributed by atoms with Gasteiger partial charge in [0.25, 0.3) is 0 Å². The van der Waals surface area contributed by atoms with Gasteiger partial charge in [-0.25, -0.2) is 23.4 Å². The van der Waals surface area contributed by atoms with Crippen molar-refractivity contribution in [1.82, 2.24) is 19.3 Å². The Hall–Kier alpha value is -3.04. The lowest BCUT2D eigenvalue weighted by molar-refractivity contribution is 0.346. The largest absolute Gasteiger partial charge is 0.481 e. The van der Waals surface area contributed by atoms with Crippen LogP contribution < -0.4 is 10.1 Å². The van der Waals surface area contributed by atoms with E-state index >= 15 is 0 Å². The van der Waals surface area contributed by atoms with Gasteiger partial charge in [-0.15, -0.1) is 0 Å². The normalized spacial score (nSPS) is 15.0. The zero-order valence-corrected chi connectivity index (χ0v) is 17.5. The summed E-state index contributed by atoms with van der Waals surface area (Å²) in [5, 5.41) is 3.10. The molecule has 0 amide bonds. The molecule has 0 atom stereocenters. The summed E-state index contributed by atoms with van der Waals surface area (Å²) in [5.41, 5.74) is 1.99. The summed E-state index contributed by atoms with van der Waals surface area (Å²) >= 11 is 0. The predicted octanol–water partition coefficient (Wildman–Crippen LogP) is 3.47. The van der Waals surface area contributed by atoms with Gasteiger partial charge in [0.15, 0.2) is 0 Å². The van der Waals surface area contributed by atoms with Crippen LogP contribution in [0.25, 0.3) is 11.3 Å². The van der Waals surface area contributed by atoms with Gasteiger partial charge in [0, 0.05) is 31.2 Å². The van der Waals surface area contributed by atoms with Gasteiger partial charge in [-0.2, -0.15) is 4.31 Å². The highest BCUT2D eigenvalue weighted by atomic mass is 32.2. The number of pyridine rings is 1. The van der Waals surface area contributed by atoms with Gasteiger partial charge < -0.3 is 10.1 Å². The average Bonchev–Trinajstić information content (AvgIpc) is 2.80. The summed E-state index contributed by atoms with van der Waals surface area (Å²) in [6.07, 6.45) is 6.15. The maximum atomic E-state index is 12.9. The highest BCUT2D eigenvalue weighted by Gasteiger charge is 2.26. The minimum atomic E-state index is -3.51. The molecule has 0 spiro atoms. The molecule has 1 saturated heterocycles. The Morgan fingerprint density at radius 3 is 2.63 bits per heavy atom. The van der Waals surface area contributed by atoms with Crippen LogP contribution in [0.5, 0.6) is 5.88 Å². The monoisotopic (exact) mass is 425 g/mol. The van der Waals surface area contributed by atoms with Gasteiger partial charge in [-0.3, -0.25) is 0 Å². The molecule has 1 aromatic carbocycles. The zero-order chi connectivity index (χ0) is 21.0. The summed E-state index contributed by atoms with van der Waals surface area (Å²) in [6, 6.07) is 12.2. The summed E-state index contributed by atoms with van der Waals surface area (Å²) < 4.78 is 32.8. The third-order valence-electron chi connectivity index (χ3n) is 4.94. The molecule has 0 bridgehead atoms. The van der Waals surface area contributed by atoms with Crippen molar-refractivity contribution >= 4 is 21.7 Å². The van der Waals surface area contributed by atoms with Crippen molar-refractivity contribution in [3.05, 3.63) is 54.9 Å². The first-order valence-corrected chi connectivity index (χ1v) is 11.2. The fraction of sp³-hybridized carbons (Fsp3) is 0.286. The van der Waals surface area contributed by atoms with E-state index in [-0.39, 0.29) is 4.90 Å². The minimum Gasteiger partial charge on any atom is -0.481 e. The van der Waals surface area contributed by atoms with Crippen molar-refractivity contribution in [3.8, 4) is 17.1 Å². The smallest absolute Gasteiger partial charge is 0.243 e. The number of piperidine rings is 1. The molecule has 156 valence electrons. The summed E-state index contributed by atoms with van der Waals surface area (Å²) in [6.45, 7) is 1.14. The SMILES string of the molecule is COc1ncccc1-c1ccnc(Nc2cccc(S(=O)(=O)N3CCCCC3)c2)n1. The zero-order valence-electron chi connectivity index (χ0n) is 16.7. The quantitative estimate of drug-likeness (QED) is 0.646. The molecule has 3 aromatic rings. The Kier molecular flexibility index (Phi) is 5.91. The second-order valence-electron chi connectivity index (χ2n) is 6.94. The number of anilines is 2. The molecule has 1 aliphatic rings. The van der Waals surface area contributed by atoms with Crippen LogP contribution in [-0.4, -0.2) is 47.9 Å².